The van der Waals surface area contributed by atoms with Crippen molar-refractivity contribution in [2.75, 3.05) is 0 Å². The van der Waals surface area contributed by atoms with E-state index < -0.39 is 23.5 Å². The topological polar surface area (TPSA) is 98.1 Å². The van der Waals surface area contributed by atoms with Gasteiger partial charge < -0.3 is 10.5 Å². The molecule has 0 spiro atoms. The molecule has 1 aromatic rings. The molecule has 7 heteroatoms. The van der Waals surface area contributed by atoms with Crippen molar-refractivity contribution in [3.8, 4) is 5.88 Å². The Hall–Kier alpha value is -1.92. The molecule has 4 aliphatic rings. The van der Waals surface area contributed by atoms with Crippen molar-refractivity contribution in [3.63, 3.8) is 0 Å². The molecule has 6 nitrogen and oxygen atoms in total. The van der Waals surface area contributed by atoms with Gasteiger partial charge in [-0.15, -0.1) is 0 Å². The lowest BCUT2D eigenvalue weighted by atomic mass is 9.48. The Bertz CT molecular complexity index is 667. The highest BCUT2D eigenvalue weighted by Crippen LogP contribution is 2.61. The normalized spacial score (nSPS) is 36.0. The van der Waals surface area contributed by atoms with E-state index in [4.69, 9.17) is 10.5 Å². The molecule has 23 heavy (non-hydrogen) atoms. The van der Waals surface area contributed by atoms with Gasteiger partial charge in [-0.25, -0.2) is 4.79 Å². The second kappa shape index (κ2) is 5.04. The summed E-state index contributed by atoms with van der Waals surface area (Å²) in [6.07, 6.45) is 6.20. The number of amides is 1. The highest BCUT2D eigenvalue weighted by molar-refractivity contribution is 5.80. The molecule has 5 rings (SSSR count). The van der Waals surface area contributed by atoms with Gasteiger partial charge in [-0.1, -0.05) is 0 Å². The highest BCUT2D eigenvalue weighted by atomic mass is 19.1. The molecule has 0 saturated heterocycles. The molecule has 124 valence electrons. The summed E-state index contributed by atoms with van der Waals surface area (Å²) >= 11 is 0. The van der Waals surface area contributed by atoms with Crippen LogP contribution in [0.25, 0.3) is 0 Å². The molecular formula is C16H20FN3O3. The van der Waals surface area contributed by atoms with E-state index in [-0.39, 0.29) is 11.3 Å². The van der Waals surface area contributed by atoms with Gasteiger partial charge in [0.05, 0.1) is 6.20 Å². The number of halogens is 1. The van der Waals surface area contributed by atoms with Crippen molar-refractivity contribution >= 4 is 5.91 Å². The van der Waals surface area contributed by atoms with Gasteiger partial charge in [0.25, 0.3) is 5.91 Å². The fourth-order valence-electron chi connectivity index (χ4n) is 5.55. The van der Waals surface area contributed by atoms with Crippen LogP contribution in [0, 0.1) is 29.0 Å². The third kappa shape index (κ3) is 2.42. The number of carbonyl (C=O) groups excluding carboxylic acids is 1. The third-order valence-corrected chi connectivity index (χ3v) is 5.87. The maximum Gasteiger partial charge on any atom is 0.347 e. The Morgan fingerprint density at radius 2 is 1.87 bits per heavy atom. The number of aromatic nitrogens is 2. The van der Waals surface area contributed by atoms with Gasteiger partial charge in [0.1, 0.15) is 0 Å². The van der Waals surface area contributed by atoms with E-state index in [0.717, 1.165) is 25.5 Å². The number of hydrogen-bond acceptors (Lipinski definition) is 4. The predicted octanol–water partition coefficient (Wildman–Crippen LogP) is 1.36. The molecule has 0 aromatic carbocycles. The van der Waals surface area contributed by atoms with Crippen LogP contribution < -0.4 is 16.2 Å². The Kier molecular flexibility index (Phi) is 3.21. The van der Waals surface area contributed by atoms with Gasteiger partial charge >= 0.3 is 5.69 Å². The number of H-pyrrole nitrogens is 1. The van der Waals surface area contributed by atoms with Gasteiger partial charge in [-0.3, -0.25) is 9.78 Å². The quantitative estimate of drug-likeness (QED) is 0.875. The molecule has 4 bridgehead atoms. The van der Waals surface area contributed by atoms with Crippen LogP contribution in [0.3, 0.4) is 0 Å². The lowest BCUT2D eigenvalue weighted by molar-refractivity contribution is -0.148. The number of ether oxygens (including phenoxy) is 1. The third-order valence-electron chi connectivity index (χ3n) is 5.87. The first-order valence-corrected chi connectivity index (χ1v) is 8.16. The minimum atomic E-state index is -0.913. The molecule has 1 unspecified atom stereocenters. The van der Waals surface area contributed by atoms with Crippen LogP contribution in [0.1, 0.15) is 38.5 Å². The van der Waals surface area contributed by atoms with Crippen molar-refractivity contribution in [2.45, 2.75) is 44.6 Å². The van der Waals surface area contributed by atoms with E-state index in [1.54, 1.807) is 0 Å². The lowest BCUT2D eigenvalue weighted by Crippen LogP contribution is -2.57. The summed E-state index contributed by atoms with van der Waals surface area (Å²) in [7, 11) is 0. The average Bonchev–Trinajstić information content (AvgIpc) is 2.46. The molecule has 1 aromatic heterocycles. The van der Waals surface area contributed by atoms with Crippen molar-refractivity contribution in [2.24, 2.45) is 28.9 Å². The fourth-order valence-corrected chi connectivity index (χ4v) is 5.55. The van der Waals surface area contributed by atoms with Gasteiger partial charge in [-0.2, -0.15) is 9.37 Å². The summed E-state index contributed by atoms with van der Waals surface area (Å²) in [5.74, 6) is 0.0863. The number of primary amides is 1. The molecule has 4 aliphatic carbocycles. The standard InChI is InChI=1S/C16H20FN3O3/c17-11-7-19-15(22)20-14(11)23-12(13(18)21)16-4-8-1-9(5-16)3-10(2-8)6-16/h7-10,12H,1-6H2,(H2,18,21)(H,19,20,22). The highest BCUT2D eigenvalue weighted by Gasteiger charge is 2.57. The second-order valence-electron chi connectivity index (χ2n) is 7.55. The van der Waals surface area contributed by atoms with E-state index in [9.17, 15) is 14.0 Å². The van der Waals surface area contributed by atoms with E-state index in [2.05, 4.69) is 9.97 Å². The maximum absolute atomic E-state index is 13.9. The predicted molar refractivity (Wildman–Crippen MR) is 79.0 cm³/mol. The number of rotatable bonds is 4. The summed E-state index contributed by atoms with van der Waals surface area (Å²) in [5, 5.41) is 0. The Morgan fingerprint density at radius 3 is 2.39 bits per heavy atom. The van der Waals surface area contributed by atoms with Crippen molar-refractivity contribution in [1.29, 1.82) is 0 Å². The molecule has 0 aliphatic heterocycles. The SMILES string of the molecule is NC(=O)C(Oc1[nH]c(=O)ncc1F)C12CC3CC(CC(C3)C1)C2. The maximum atomic E-state index is 13.9. The van der Waals surface area contributed by atoms with Crippen LogP contribution in [-0.4, -0.2) is 22.0 Å². The Labute approximate surface area is 132 Å². The number of carbonyl (C=O) groups is 1. The van der Waals surface area contributed by atoms with Crippen molar-refractivity contribution in [3.05, 3.63) is 22.5 Å². The summed E-state index contributed by atoms with van der Waals surface area (Å²) in [5.41, 5.74) is 4.56. The van der Waals surface area contributed by atoms with E-state index in [1.165, 1.54) is 19.3 Å². The molecule has 1 atom stereocenters. The van der Waals surface area contributed by atoms with E-state index >= 15 is 0 Å². The van der Waals surface area contributed by atoms with Crippen molar-refractivity contribution < 1.29 is 13.9 Å². The van der Waals surface area contributed by atoms with Crippen LogP contribution >= 0.6 is 0 Å². The Morgan fingerprint density at radius 1 is 1.30 bits per heavy atom. The number of aromatic amines is 1. The largest absolute Gasteiger partial charge is 0.463 e. The van der Waals surface area contributed by atoms with E-state index in [1.807, 2.05) is 0 Å². The number of nitrogens with zero attached hydrogens (tertiary/aromatic N) is 1. The molecule has 1 heterocycles. The molecule has 4 fully saturated rings. The monoisotopic (exact) mass is 321 g/mol. The summed E-state index contributed by atoms with van der Waals surface area (Å²) < 4.78 is 19.5. The van der Waals surface area contributed by atoms with Crippen LogP contribution in [0.5, 0.6) is 5.88 Å². The lowest BCUT2D eigenvalue weighted by Gasteiger charge is -2.58. The molecule has 0 radical (unpaired) electrons. The summed E-state index contributed by atoms with van der Waals surface area (Å²) in [6.45, 7) is 0. The zero-order chi connectivity index (χ0) is 16.2. The van der Waals surface area contributed by atoms with Gasteiger partial charge in [0, 0.05) is 5.41 Å². The minimum absolute atomic E-state index is 0.326. The Balaban J connectivity index is 1.67. The molecular weight excluding hydrogens is 301 g/mol. The first-order valence-electron chi connectivity index (χ1n) is 8.16. The zero-order valence-corrected chi connectivity index (χ0v) is 12.8. The molecule has 4 saturated carbocycles. The van der Waals surface area contributed by atoms with Crippen molar-refractivity contribution in [1.82, 2.24) is 9.97 Å². The molecule has 1 amide bonds. The first-order chi connectivity index (χ1) is 10.9. The summed E-state index contributed by atoms with van der Waals surface area (Å²) in [4.78, 5) is 28.9. The van der Waals surface area contributed by atoms with Gasteiger partial charge in [-0.05, 0) is 56.3 Å². The average molecular weight is 321 g/mol. The van der Waals surface area contributed by atoms with Crippen LogP contribution in [0.4, 0.5) is 4.39 Å². The number of hydrogen-bond donors (Lipinski definition) is 2. The van der Waals surface area contributed by atoms with Crippen LogP contribution in [0.15, 0.2) is 11.0 Å². The minimum Gasteiger partial charge on any atom is -0.463 e. The van der Waals surface area contributed by atoms with Gasteiger partial charge in [0.15, 0.2) is 6.10 Å². The van der Waals surface area contributed by atoms with Crippen LogP contribution in [0.2, 0.25) is 0 Å². The fraction of sp³-hybridized carbons (Fsp3) is 0.688. The van der Waals surface area contributed by atoms with Crippen LogP contribution in [-0.2, 0) is 4.79 Å². The zero-order valence-electron chi connectivity index (χ0n) is 12.8. The number of nitrogens with one attached hydrogen (secondary N) is 1. The molecule has 3 N–H and O–H groups in total. The number of nitrogens with two attached hydrogens (primary N) is 1. The summed E-state index contributed by atoms with van der Waals surface area (Å²) in [6, 6.07) is 0. The second-order valence-corrected chi connectivity index (χ2v) is 7.55. The van der Waals surface area contributed by atoms with E-state index in [0.29, 0.717) is 17.8 Å². The first kappa shape index (κ1) is 14.7. The smallest absolute Gasteiger partial charge is 0.347 e. The van der Waals surface area contributed by atoms with Gasteiger partial charge in [0.2, 0.25) is 11.7 Å².